The Morgan fingerprint density at radius 1 is 0.976 bits per heavy atom. The molecule has 7 aliphatic rings. The summed E-state index contributed by atoms with van der Waals surface area (Å²) >= 11 is 0. The highest BCUT2D eigenvalue weighted by Gasteiger charge is 2.68. The van der Waals surface area contributed by atoms with Gasteiger partial charge in [0.2, 0.25) is 0 Å². The zero-order valence-corrected chi connectivity index (χ0v) is 25.3. The largest absolute Gasteiger partial charge is 0.394 e. The molecule has 0 amide bonds. The van der Waals surface area contributed by atoms with E-state index in [9.17, 15) is 20.4 Å². The first kappa shape index (κ1) is 29.1. The van der Waals surface area contributed by atoms with Crippen LogP contribution in [0.25, 0.3) is 0 Å². The van der Waals surface area contributed by atoms with Gasteiger partial charge in [-0.2, -0.15) is 0 Å². The van der Waals surface area contributed by atoms with Gasteiger partial charge in [0.05, 0.1) is 25.4 Å². The molecule has 41 heavy (non-hydrogen) atoms. The highest BCUT2D eigenvalue weighted by Crippen LogP contribution is 2.70. The maximum absolute atomic E-state index is 10.5. The van der Waals surface area contributed by atoms with Gasteiger partial charge in [-0.15, -0.1) is 0 Å². The van der Waals surface area contributed by atoms with Crippen molar-refractivity contribution in [2.24, 2.45) is 46.3 Å². The first-order valence-electron chi connectivity index (χ1n) is 16.5. The van der Waals surface area contributed by atoms with Crippen LogP contribution in [-0.4, -0.2) is 82.3 Å². The van der Waals surface area contributed by atoms with E-state index in [1.165, 1.54) is 24.8 Å². The Morgan fingerprint density at radius 2 is 1.78 bits per heavy atom. The number of aliphatic hydroxyl groups excluding tert-OH is 4. The summed E-state index contributed by atoms with van der Waals surface area (Å²) in [4.78, 5) is 0. The summed E-state index contributed by atoms with van der Waals surface area (Å²) in [7, 11) is 0. The maximum Gasteiger partial charge on any atom is 0.186 e. The molecule has 3 saturated carbocycles. The van der Waals surface area contributed by atoms with Gasteiger partial charge in [0.25, 0.3) is 0 Å². The van der Waals surface area contributed by atoms with Gasteiger partial charge in [0.15, 0.2) is 12.1 Å². The topological polar surface area (TPSA) is 118 Å². The molecule has 8 heteroatoms. The SMILES string of the molecule is CC1CCC2(OC1)OC1CC3C4CC=C5C[C@@H](O[C@@H]6O[C@H](CO)[C@@H](O)[C@@H](O)[C@H]6O)CC[C@]5(C)C4CC[C@]3(C)C1C2C. The van der Waals surface area contributed by atoms with E-state index in [4.69, 9.17) is 18.9 Å². The van der Waals surface area contributed by atoms with Crippen LogP contribution in [0.15, 0.2) is 11.6 Å². The normalized spacial score (nSPS) is 58.3. The van der Waals surface area contributed by atoms with Gasteiger partial charge >= 0.3 is 0 Å². The Kier molecular flexibility index (Phi) is 7.27. The lowest BCUT2D eigenvalue weighted by Crippen LogP contribution is -2.60. The third-order valence-corrected chi connectivity index (χ3v) is 13.5. The van der Waals surface area contributed by atoms with Gasteiger partial charge < -0.3 is 39.4 Å². The lowest BCUT2D eigenvalue weighted by molar-refractivity contribution is -0.313. The summed E-state index contributed by atoms with van der Waals surface area (Å²) in [6.45, 7) is 10.1. The van der Waals surface area contributed by atoms with Crippen LogP contribution >= 0.6 is 0 Å². The molecule has 3 aliphatic heterocycles. The third-order valence-electron chi connectivity index (χ3n) is 13.5. The smallest absolute Gasteiger partial charge is 0.186 e. The summed E-state index contributed by atoms with van der Waals surface area (Å²) in [5, 5.41) is 40.4. The summed E-state index contributed by atoms with van der Waals surface area (Å²) in [6.07, 6.45) is 6.24. The van der Waals surface area contributed by atoms with E-state index in [2.05, 4.69) is 33.8 Å². The molecule has 0 bridgehead atoms. The fourth-order valence-electron chi connectivity index (χ4n) is 11.1. The van der Waals surface area contributed by atoms with Crippen LogP contribution < -0.4 is 0 Å². The Labute approximate surface area is 244 Å². The van der Waals surface area contributed by atoms with Gasteiger partial charge in [-0.1, -0.05) is 39.3 Å². The molecule has 8 nitrogen and oxygen atoms in total. The predicted molar refractivity (Wildman–Crippen MR) is 150 cm³/mol. The van der Waals surface area contributed by atoms with Crippen molar-refractivity contribution in [3.05, 3.63) is 11.6 Å². The molecule has 4 aliphatic carbocycles. The van der Waals surface area contributed by atoms with Crippen LogP contribution in [-0.2, 0) is 18.9 Å². The number of allylic oxidation sites excluding steroid dienone is 1. The number of aliphatic hydroxyl groups is 4. The van der Waals surface area contributed by atoms with E-state index in [1.54, 1.807) is 0 Å². The van der Waals surface area contributed by atoms with Crippen molar-refractivity contribution < 1.29 is 39.4 Å². The second-order valence-corrected chi connectivity index (χ2v) is 15.5. The summed E-state index contributed by atoms with van der Waals surface area (Å²) < 4.78 is 25.3. The molecule has 0 aromatic heterocycles. The van der Waals surface area contributed by atoms with Gasteiger partial charge in [-0.25, -0.2) is 0 Å². The van der Waals surface area contributed by atoms with E-state index in [-0.39, 0.29) is 17.3 Å². The molecule has 16 atom stereocenters. The van der Waals surface area contributed by atoms with Crippen molar-refractivity contribution in [2.75, 3.05) is 13.2 Å². The van der Waals surface area contributed by atoms with Gasteiger partial charge in [0.1, 0.15) is 24.4 Å². The monoisotopic (exact) mass is 576 g/mol. The molecule has 6 fully saturated rings. The van der Waals surface area contributed by atoms with E-state index in [1.807, 2.05) is 0 Å². The molecule has 1 spiro atoms. The second kappa shape index (κ2) is 10.2. The lowest BCUT2D eigenvalue weighted by atomic mass is 9.47. The minimum Gasteiger partial charge on any atom is -0.394 e. The standard InChI is InChI=1S/C33H52O8/c1-17-7-12-33(38-16-17)18(2)26-24(41-33)14-23-21-6-5-19-13-20(8-10-31(19,3)22(21)9-11-32(23,26)4)39-30-29(37)28(36)27(35)25(15-34)40-30/h5,17-18,20-30,34-37H,6-16H2,1-4H3/t17?,18?,20-,21?,22?,23?,24?,25+,26?,27+,28+,29+,30+,31-,32-,33?/m0/s1. The number of rotatable bonds is 3. The Balaban J connectivity index is 1.05. The summed E-state index contributed by atoms with van der Waals surface area (Å²) in [5.74, 6) is 3.28. The molecular weight excluding hydrogens is 524 g/mol. The second-order valence-electron chi connectivity index (χ2n) is 15.5. The van der Waals surface area contributed by atoms with Crippen molar-refractivity contribution in [2.45, 2.75) is 134 Å². The molecule has 4 N–H and O–H groups in total. The van der Waals surface area contributed by atoms with Crippen LogP contribution in [0.1, 0.15) is 85.5 Å². The summed E-state index contributed by atoms with van der Waals surface area (Å²) in [5.41, 5.74) is 1.91. The van der Waals surface area contributed by atoms with Crippen molar-refractivity contribution in [1.29, 1.82) is 0 Å². The molecule has 8 unspecified atom stereocenters. The van der Waals surface area contributed by atoms with Gasteiger partial charge in [-0.05, 0) is 91.8 Å². The molecule has 7 rings (SSSR count). The van der Waals surface area contributed by atoms with Crippen molar-refractivity contribution in [1.82, 2.24) is 0 Å². The fraction of sp³-hybridized carbons (Fsp3) is 0.939. The van der Waals surface area contributed by atoms with Crippen LogP contribution in [0.2, 0.25) is 0 Å². The Bertz CT molecular complexity index is 1020. The molecule has 0 aromatic carbocycles. The molecule has 0 aromatic rings. The maximum atomic E-state index is 10.5. The average molecular weight is 577 g/mol. The Morgan fingerprint density at radius 3 is 2.51 bits per heavy atom. The van der Waals surface area contributed by atoms with Gasteiger partial charge in [-0.3, -0.25) is 0 Å². The van der Waals surface area contributed by atoms with Crippen LogP contribution in [0.5, 0.6) is 0 Å². The van der Waals surface area contributed by atoms with Crippen LogP contribution in [0.3, 0.4) is 0 Å². The minimum absolute atomic E-state index is 0.129. The van der Waals surface area contributed by atoms with Crippen molar-refractivity contribution in [3.8, 4) is 0 Å². The van der Waals surface area contributed by atoms with Crippen LogP contribution in [0.4, 0.5) is 0 Å². The predicted octanol–water partition coefficient (Wildman–Crippen LogP) is 3.54. The van der Waals surface area contributed by atoms with Crippen LogP contribution in [0, 0.1) is 46.3 Å². The molecule has 3 saturated heterocycles. The molecule has 0 radical (unpaired) electrons. The van der Waals surface area contributed by atoms with E-state index < -0.39 is 37.3 Å². The zero-order valence-electron chi connectivity index (χ0n) is 25.3. The number of ether oxygens (including phenoxy) is 4. The Hall–Kier alpha value is -0.580. The van der Waals surface area contributed by atoms with Crippen molar-refractivity contribution >= 4 is 0 Å². The fourth-order valence-corrected chi connectivity index (χ4v) is 11.1. The summed E-state index contributed by atoms with van der Waals surface area (Å²) in [6, 6.07) is 0. The quantitative estimate of drug-likeness (QED) is 0.377. The van der Waals surface area contributed by atoms with E-state index in [0.717, 1.165) is 45.1 Å². The number of hydrogen-bond donors (Lipinski definition) is 4. The van der Waals surface area contributed by atoms with E-state index in [0.29, 0.717) is 47.0 Å². The number of hydrogen-bond acceptors (Lipinski definition) is 8. The lowest BCUT2D eigenvalue weighted by Gasteiger charge is -2.58. The highest BCUT2D eigenvalue weighted by molar-refractivity contribution is 5.26. The van der Waals surface area contributed by atoms with E-state index >= 15 is 0 Å². The average Bonchev–Trinajstić information content (AvgIpc) is 3.40. The first-order valence-corrected chi connectivity index (χ1v) is 16.5. The molecule has 3 heterocycles. The third kappa shape index (κ3) is 4.29. The molecular formula is C33H52O8. The highest BCUT2D eigenvalue weighted by atomic mass is 16.7. The first-order chi connectivity index (χ1) is 19.5. The van der Waals surface area contributed by atoms with Gasteiger partial charge in [0, 0.05) is 12.3 Å². The van der Waals surface area contributed by atoms with Crippen molar-refractivity contribution in [3.63, 3.8) is 0 Å². The number of fused-ring (bicyclic) bond motifs is 7. The molecule has 232 valence electrons. The zero-order chi connectivity index (χ0) is 28.9. The minimum atomic E-state index is -1.41.